The fourth-order valence-corrected chi connectivity index (χ4v) is 3.71. The van der Waals surface area contributed by atoms with Gasteiger partial charge in [0.1, 0.15) is 17.1 Å². The lowest BCUT2D eigenvalue weighted by molar-refractivity contribution is 0.415. The molecule has 156 valence electrons. The van der Waals surface area contributed by atoms with E-state index in [2.05, 4.69) is 22.1 Å². The Morgan fingerprint density at radius 2 is 2.19 bits per heavy atom. The molecule has 0 amide bonds. The van der Waals surface area contributed by atoms with Crippen molar-refractivity contribution in [2.24, 2.45) is 5.10 Å². The first-order valence-corrected chi connectivity index (χ1v) is 10.3. The van der Waals surface area contributed by atoms with E-state index in [1.807, 2.05) is 12.1 Å². The fraction of sp³-hybridized carbons (Fsp3) is 0.0870. The highest BCUT2D eigenvalue weighted by molar-refractivity contribution is 7.14. The molecule has 2 heterocycles. The summed E-state index contributed by atoms with van der Waals surface area (Å²) in [5.74, 6) is 0.833. The first-order chi connectivity index (χ1) is 15.1. The van der Waals surface area contributed by atoms with Crippen LogP contribution in [0.1, 0.15) is 11.1 Å². The van der Waals surface area contributed by atoms with Gasteiger partial charge in [-0.1, -0.05) is 18.2 Å². The summed E-state index contributed by atoms with van der Waals surface area (Å²) in [4.78, 5) is 16.8. The molecular weight excluding hydrogens is 414 g/mol. The first-order valence-electron chi connectivity index (χ1n) is 9.37. The topological polar surface area (TPSA) is 97.0 Å². The second-order valence-electron chi connectivity index (χ2n) is 6.61. The van der Waals surface area contributed by atoms with Crippen LogP contribution in [-0.4, -0.2) is 23.4 Å². The normalized spacial score (nSPS) is 11.1. The quantitative estimate of drug-likeness (QED) is 0.188. The van der Waals surface area contributed by atoms with Crippen LogP contribution in [0.5, 0.6) is 11.5 Å². The number of thiazole rings is 1. The van der Waals surface area contributed by atoms with Crippen molar-refractivity contribution in [2.45, 2.75) is 6.42 Å². The van der Waals surface area contributed by atoms with E-state index in [0.29, 0.717) is 39.7 Å². The minimum Gasteiger partial charge on any atom is -0.507 e. The number of nitrogens with one attached hydrogen (secondary N) is 1. The number of benzene rings is 2. The number of methoxy groups -OCH3 is 1. The number of rotatable bonds is 7. The van der Waals surface area contributed by atoms with Gasteiger partial charge >= 0.3 is 5.63 Å². The highest BCUT2D eigenvalue weighted by atomic mass is 32.1. The molecule has 7 nitrogen and oxygen atoms in total. The number of allylic oxidation sites excluding steroid dienone is 1. The highest BCUT2D eigenvalue weighted by Gasteiger charge is 2.12. The molecule has 0 atom stereocenters. The van der Waals surface area contributed by atoms with Crippen LogP contribution < -0.4 is 15.8 Å². The Bertz CT molecular complexity index is 1340. The summed E-state index contributed by atoms with van der Waals surface area (Å²) in [6, 6.07) is 12.4. The number of hydrogen-bond acceptors (Lipinski definition) is 8. The van der Waals surface area contributed by atoms with Crippen LogP contribution in [0.3, 0.4) is 0 Å². The number of hydrogen-bond donors (Lipinski definition) is 2. The minimum atomic E-state index is -0.470. The molecule has 0 radical (unpaired) electrons. The van der Waals surface area contributed by atoms with Crippen molar-refractivity contribution < 1.29 is 14.3 Å². The van der Waals surface area contributed by atoms with Gasteiger partial charge in [-0.25, -0.2) is 9.78 Å². The number of para-hydroxylation sites is 1. The lowest BCUT2D eigenvalue weighted by Gasteiger charge is -2.04. The van der Waals surface area contributed by atoms with Crippen LogP contribution in [-0.2, 0) is 6.42 Å². The molecule has 2 N–H and O–H groups in total. The van der Waals surface area contributed by atoms with E-state index >= 15 is 0 Å². The fourth-order valence-electron chi connectivity index (χ4n) is 3.05. The highest BCUT2D eigenvalue weighted by Crippen LogP contribution is 2.27. The van der Waals surface area contributed by atoms with Gasteiger partial charge in [-0.15, -0.1) is 17.9 Å². The number of aromatic nitrogens is 1. The Hall–Kier alpha value is -3.91. The summed E-state index contributed by atoms with van der Waals surface area (Å²) in [5.41, 5.74) is 5.02. The van der Waals surface area contributed by atoms with E-state index in [1.54, 1.807) is 48.9 Å². The number of phenolic OH excluding ortho intramolecular Hbond substituents is 1. The number of ether oxygens (including phenoxy) is 1. The molecule has 0 aliphatic carbocycles. The third-order valence-corrected chi connectivity index (χ3v) is 5.35. The summed E-state index contributed by atoms with van der Waals surface area (Å²) in [5, 5.41) is 17.4. The number of hydrazone groups is 1. The zero-order chi connectivity index (χ0) is 21.8. The van der Waals surface area contributed by atoms with Crippen LogP contribution in [0, 0.1) is 0 Å². The lowest BCUT2D eigenvalue weighted by Crippen LogP contribution is -2.03. The van der Waals surface area contributed by atoms with E-state index in [9.17, 15) is 9.90 Å². The maximum Gasteiger partial charge on any atom is 0.345 e. The average molecular weight is 433 g/mol. The largest absolute Gasteiger partial charge is 0.507 e. The van der Waals surface area contributed by atoms with Crippen LogP contribution in [0.2, 0.25) is 0 Å². The summed E-state index contributed by atoms with van der Waals surface area (Å²) in [6.45, 7) is 3.69. The molecule has 8 heteroatoms. The monoisotopic (exact) mass is 433 g/mol. The lowest BCUT2D eigenvalue weighted by atomic mass is 10.1. The van der Waals surface area contributed by atoms with Crippen molar-refractivity contribution >= 4 is 33.7 Å². The molecule has 0 spiro atoms. The first kappa shape index (κ1) is 20.4. The second kappa shape index (κ2) is 8.85. The molecule has 0 saturated carbocycles. The van der Waals surface area contributed by atoms with Crippen LogP contribution in [0.4, 0.5) is 5.13 Å². The molecule has 0 aliphatic heterocycles. The zero-order valence-corrected chi connectivity index (χ0v) is 17.5. The van der Waals surface area contributed by atoms with Gasteiger partial charge in [0.25, 0.3) is 0 Å². The van der Waals surface area contributed by atoms with Crippen molar-refractivity contribution in [1.29, 1.82) is 0 Å². The van der Waals surface area contributed by atoms with Crippen molar-refractivity contribution in [1.82, 2.24) is 4.98 Å². The van der Waals surface area contributed by atoms with Gasteiger partial charge in [0.05, 0.1) is 24.6 Å². The van der Waals surface area contributed by atoms with Crippen LogP contribution in [0.25, 0.3) is 22.2 Å². The standard InChI is InChI=1S/C23H19N3O4S/c1-3-5-14-6-4-7-15(21(14)27)12-24-26-23-25-19(13-31-23)18-11-16-10-17(29-2)8-9-20(16)30-22(18)28/h3-4,6-13,27H,1,5H2,2H3,(H,25,26). The predicted molar refractivity (Wildman–Crippen MR) is 123 cm³/mol. The molecule has 2 aromatic carbocycles. The summed E-state index contributed by atoms with van der Waals surface area (Å²) >= 11 is 1.30. The van der Waals surface area contributed by atoms with Gasteiger partial charge in [-0.2, -0.15) is 5.10 Å². The summed E-state index contributed by atoms with van der Waals surface area (Å²) in [6.07, 6.45) is 3.81. The number of fused-ring (bicyclic) bond motifs is 1. The maximum atomic E-state index is 12.4. The van der Waals surface area contributed by atoms with E-state index in [0.717, 1.165) is 10.9 Å². The number of anilines is 1. The molecule has 4 rings (SSSR count). The Morgan fingerprint density at radius 1 is 1.32 bits per heavy atom. The van der Waals surface area contributed by atoms with Crippen molar-refractivity contribution in [2.75, 3.05) is 12.5 Å². The zero-order valence-electron chi connectivity index (χ0n) is 16.7. The van der Waals surface area contributed by atoms with Gasteiger partial charge in [-0.05, 0) is 42.3 Å². The number of nitrogens with zero attached hydrogens (tertiary/aromatic N) is 2. The molecular formula is C23H19N3O4S. The minimum absolute atomic E-state index is 0.164. The van der Waals surface area contributed by atoms with E-state index in [-0.39, 0.29) is 5.75 Å². The molecule has 0 saturated heterocycles. The Balaban J connectivity index is 1.56. The van der Waals surface area contributed by atoms with E-state index in [1.165, 1.54) is 17.6 Å². The summed E-state index contributed by atoms with van der Waals surface area (Å²) < 4.78 is 10.6. The van der Waals surface area contributed by atoms with Crippen molar-refractivity contribution in [3.63, 3.8) is 0 Å². The van der Waals surface area contributed by atoms with Gasteiger partial charge in [0.2, 0.25) is 5.13 Å². The number of aromatic hydroxyl groups is 1. The molecule has 2 aromatic heterocycles. The summed E-state index contributed by atoms with van der Waals surface area (Å²) in [7, 11) is 1.58. The third kappa shape index (κ3) is 4.34. The molecule has 0 aliphatic rings. The molecule has 4 aromatic rings. The predicted octanol–water partition coefficient (Wildman–Crippen LogP) is 4.81. The van der Waals surface area contributed by atoms with Crippen molar-refractivity contribution in [3.8, 4) is 22.8 Å². The third-order valence-electron chi connectivity index (χ3n) is 4.60. The molecule has 0 bridgehead atoms. The smallest absolute Gasteiger partial charge is 0.345 e. The van der Waals surface area contributed by atoms with Gasteiger partial charge < -0.3 is 14.3 Å². The van der Waals surface area contributed by atoms with E-state index in [4.69, 9.17) is 9.15 Å². The van der Waals surface area contributed by atoms with Gasteiger partial charge in [-0.3, -0.25) is 5.43 Å². The van der Waals surface area contributed by atoms with Gasteiger partial charge in [0, 0.05) is 16.3 Å². The molecule has 0 fully saturated rings. The number of phenols is 1. The Morgan fingerprint density at radius 3 is 3.00 bits per heavy atom. The molecule has 0 unspecified atom stereocenters. The molecule has 31 heavy (non-hydrogen) atoms. The van der Waals surface area contributed by atoms with Crippen molar-refractivity contribution in [3.05, 3.63) is 82.0 Å². The second-order valence-corrected chi connectivity index (χ2v) is 7.47. The SMILES string of the molecule is C=CCc1cccc(C=NNc2nc(-c3cc4cc(OC)ccc4oc3=O)cs2)c1O. The average Bonchev–Trinajstić information content (AvgIpc) is 3.24. The van der Waals surface area contributed by atoms with Crippen LogP contribution >= 0.6 is 11.3 Å². The van der Waals surface area contributed by atoms with Gasteiger partial charge in [0.15, 0.2) is 0 Å². The van der Waals surface area contributed by atoms with Crippen LogP contribution in [0.15, 0.2) is 74.8 Å². The van der Waals surface area contributed by atoms with E-state index < -0.39 is 5.63 Å². The Labute approximate surface area is 182 Å². The Kier molecular flexibility index (Phi) is 5.81. The maximum absolute atomic E-state index is 12.4.